The van der Waals surface area contributed by atoms with Crippen molar-refractivity contribution >= 4 is 0 Å². The predicted molar refractivity (Wildman–Crippen MR) is 70.0 cm³/mol. The summed E-state index contributed by atoms with van der Waals surface area (Å²) in [6, 6.07) is 7.01. The van der Waals surface area contributed by atoms with Crippen LogP contribution in [0.1, 0.15) is 44.6 Å². The first-order valence-corrected chi connectivity index (χ1v) is 6.27. The quantitative estimate of drug-likeness (QED) is 0.711. The number of benzene rings is 1. The Hall–Kier alpha value is -1.06. The molecule has 0 radical (unpaired) electrons. The third kappa shape index (κ3) is 4.36. The number of hydrogen-bond acceptors (Lipinski definition) is 3. The van der Waals surface area contributed by atoms with Crippen LogP contribution >= 0.6 is 0 Å². The summed E-state index contributed by atoms with van der Waals surface area (Å²) < 4.78 is 0. The highest BCUT2D eigenvalue weighted by atomic mass is 16.3. The maximum absolute atomic E-state index is 9.96. The molecule has 0 aromatic heterocycles. The van der Waals surface area contributed by atoms with Crippen LogP contribution in [0.4, 0.5) is 0 Å². The number of phenolic OH excluding ortho intramolecular Hbond substituents is 1. The lowest BCUT2D eigenvalue weighted by molar-refractivity contribution is 0.124. The Labute approximate surface area is 103 Å². The van der Waals surface area contributed by atoms with Gasteiger partial charge in [0.05, 0.1) is 6.10 Å². The minimum Gasteiger partial charge on any atom is -0.508 e. The molecule has 3 atom stereocenters. The molecule has 0 aliphatic heterocycles. The first kappa shape index (κ1) is 14.0. The van der Waals surface area contributed by atoms with Gasteiger partial charge in [-0.15, -0.1) is 0 Å². The van der Waals surface area contributed by atoms with Gasteiger partial charge in [0.25, 0.3) is 0 Å². The van der Waals surface area contributed by atoms with Crippen LogP contribution < -0.4 is 5.73 Å². The standard InChI is InChI=1S/C14H23NO2/c1-3-5-13(15)14(17)8-10(2)11-6-4-7-12(16)9-11/h4,6-7,9-10,13-14,16-17H,3,5,8,15H2,1-2H3. The molecule has 0 aliphatic carbocycles. The highest BCUT2D eigenvalue weighted by molar-refractivity contribution is 5.29. The molecular formula is C14H23NO2. The van der Waals surface area contributed by atoms with Crippen molar-refractivity contribution in [1.82, 2.24) is 0 Å². The number of rotatable bonds is 6. The molecule has 1 aromatic rings. The van der Waals surface area contributed by atoms with Gasteiger partial charge in [-0.1, -0.05) is 32.4 Å². The normalized spacial score (nSPS) is 16.5. The van der Waals surface area contributed by atoms with Crippen LogP contribution in [-0.4, -0.2) is 22.4 Å². The van der Waals surface area contributed by atoms with Gasteiger partial charge in [0, 0.05) is 6.04 Å². The number of phenols is 1. The fourth-order valence-electron chi connectivity index (χ4n) is 2.03. The molecule has 0 heterocycles. The number of nitrogens with two attached hydrogens (primary N) is 1. The van der Waals surface area contributed by atoms with Gasteiger partial charge >= 0.3 is 0 Å². The highest BCUT2D eigenvalue weighted by Crippen LogP contribution is 2.24. The lowest BCUT2D eigenvalue weighted by Crippen LogP contribution is -2.35. The summed E-state index contributed by atoms with van der Waals surface area (Å²) in [5, 5.41) is 19.4. The van der Waals surface area contributed by atoms with Crippen molar-refractivity contribution in [3.63, 3.8) is 0 Å². The van der Waals surface area contributed by atoms with Crippen molar-refractivity contribution in [2.75, 3.05) is 0 Å². The summed E-state index contributed by atoms with van der Waals surface area (Å²) in [6.45, 7) is 4.10. The van der Waals surface area contributed by atoms with Crippen molar-refractivity contribution in [3.8, 4) is 5.75 Å². The second-order valence-electron chi connectivity index (χ2n) is 4.75. The van der Waals surface area contributed by atoms with E-state index in [1.165, 1.54) is 0 Å². The van der Waals surface area contributed by atoms with Crippen molar-refractivity contribution in [2.24, 2.45) is 5.73 Å². The van der Waals surface area contributed by atoms with E-state index in [-0.39, 0.29) is 17.7 Å². The topological polar surface area (TPSA) is 66.5 Å². The summed E-state index contributed by atoms with van der Waals surface area (Å²) in [7, 11) is 0. The maximum atomic E-state index is 9.96. The molecule has 0 saturated carbocycles. The van der Waals surface area contributed by atoms with Gasteiger partial charge in [-0.3, -0.25) is 0 Å². The minimum absolute atomic E-state index is 0.153. The summed E-state index contributed by atoms with van der Waals surface area (Å²) in [5.41, 5.74) is 6.92. The molecule has 3 unspecified atom stereocenters. The van der Waals surface area contributed by atoms with E-state index < -0.39 is 6.10 Å². The van der Waals surface area contributed by atoms with E-state index >= 15 is 0 Å². The summed E-state index contributed by atoms with van der Waals surface area (Å²) in [4.78, 5) is 0. The molecule has 0 fully saturated rings. The zero-order valence-corrected chi connectivity index (χ0v) is 10.6. The van der Waals surface area contributed by atoms with Crippen LogP contribution in [0.2, 0.25) is 0 Å². The van der Waals surface area contributed by atoms with E-state index in [1.54, 1.807) is 12.1 Å². The largest absolute Gasteiger partial charge is 0.508 e. The van der Waals surface area contributed by atoms with Crippen LogP contribution in [0.25, 0.3) is 0 Å². The average molecular weight is 237 g/mol. The Kier molecular flexibility index (Phi) is 5.45. The van der Waals surface area contributed by atoms with Crippen LogP contribution in [0.5, 0.6) is 5.75 Å². The predicted octanol–water partition coefficient (Wildman–Crippen LogP) is 2.37. The molecule has 17 heavy (non-hydrogen) atoms. The van der Waals surface area contributed by atoms with Gasteiger partial charge in [0.1, 0.15) is 5.75 Å². The van der Waals surface area contributed by atoms with Crippen LogP contribution in [0.15, 0.2) is 24.3 Å². The molecule has 3 nitrogen and oxygen atoms in total. The third-order valence-electron chi connectivity index (χ3n) is 3.15. The fraction of sp³-hybridized carbons (Fsp3) is 0.571. The lowest BCUT2D eigenvalue weighted by atomic mass is 9.91. The molecule has 3 heteroatoms. The van der Waals surface area contributed by atoms with Gasteiger partial charge < -0.3 is 15.9 Å². The smallest absolute Gasteiger partial charge is 0.115 e. The maximum Gasteiger partial charge on any atom is 0.115 e. The van der Waals surface area contributed by atoms with E-state index in [0.29, 0.717) is 6.42 Å². The molecular weight excluding hydrogens is 214 g/mol. The molecule has 4 N–H and O–H groups in total. The summed E-state index contributed by atoms with van der Waals surface area (Å²) in [5.74, 6) is 0.460. The van der Waals surface area contributed by atoms with Crippen molar-refractivity contribution in [1.29, 1.82) is 0 Å². The Morgan fingerprint density at radius 2 is 2.06 bits per heavy atom. The molecule has 0 saturated heterocycles. The van der Waals surface area contributed by atoms with Gasteiger partial charge in [-0.05, 0) is 36.5 Å². The first-order chi connectivity index (χ1) is 8.04. The summed E-state index contributed by atoms with van der Waals surface area (Å²) >= 11 is 0. The zero-order chi connectivity index (χ0) is 12.8. The van der Waals surface area contributed by atoms with E-state index in [2.05, 4.69) is 6.92 Å². The monoisotopic (exact) mass is 237 g/mol. The van der Waals surface area contributed by atoms with Gasteiger partial charge in [0.2, 0.25) is 0 Å². The molecule has 0 aliphatic rings. The van der Waals surface area contributed by atoms with Crippen LogP contribution in [0.3, 0.4) is 0 Å². The number of aromatic hydroxyl groups is 1. The zero-order valence-electron chi connectivity index (χ0n) is 10.6. The van der Waals surface area contributed by atoms with E-state index in [9.17, 15) is 10.2 Å². The molecule has 1 rings (SSSR count). The number of hydrogen-bond donors (Lipinski definition) is 3. The molecule has 0 amide bonds. The van der Waals surface area contributed by atoms with Gasteiger partial charge in [-0.25, -0.2) is 0 Å². The SMILES string of the molecule is CCCC(N)C(O)CC(C)c1cccc(O)c1. The minimum atomic E-state index is -0.479. The Morgan fingerprint density at radius 1 is 1.35 bits per heavy atom. The van der Waals surface area contributed by atoms with Crippen molar-refractivity contribution in [3.05, 3.63) is 29.8 Å². The fourth-order valence-corrected chi connectivity index (χ4v) is 2.03. The van der Waals surface area contributed by atoms with Gasteiger partial charge in [-0.2, -0.15) is 0 Å². The van der Waals surface area contributed by atoms with Crippen molar-refractivity contribution in [2.45, 2.75) is 51.2 Å². The highest BCUT2D eigenvalue weighted by Gasteiger charge is 2.18. The van der Waals surface area contributed by atoms with Crippen LogP contribution in [-0.2, 0) is 0 Å². The number of aliphatic hydroxyl groups is 1. The van der Waals surface area contributed by atoms with E-state index in [4.69, 9.17) is 5.73 Å². The van der Waals surface area contributed by atoms with Gasteiger partial charge in [0.15, 0.2) is 0 Å². The second-order valence-corrected chi connectivity index (χ2v) is 4.75. The Bertz CT molecular complexity index is 341. The third-order valence-corrected chi connectivity index (χ3v) is 3.15. The van der Waals surface area contributed by atoms with Crippen LogP contribution in [0, 0.1) is 0 Å². The van der Waals surface area contributed by atoms with E-state index in [0.717, 1.165) is 18.4 Å². The molecule has 96 valence electrons. The first-order valence-electron chi connectivity index (χ1n) is 6.27. The lowest BCUT2D eigenvalue weighted by Gasteiger charge is -2.22. The Balaban J connectivity index is 2.56. The average Bonchev–Trinajstić information content (AvgIpc) is 2.29. The molecule has 0 spiro atoms. The van der Waals surface area contributed by atoms with Crippen molar-refractivity contribution < 1.29 is 10.2 Å². The second kappa shape index (κ2) is 6.62. The van der Waals surface area contributed by atoms with E-state index in [1.807, 2.05) is 19.1 Å². The molecule has 0 bridgehead atoms. The molecule has 1 aromatic carbocycles. The number of aliphatic hydroxyl groups excluding tert-OH is 1. The summed E-state index contributed by atoms with van der Waals surface area (Å²) in [6.07, 6.45) is 1.98. The Morgan fingerprint density at radius 3 is 2.65 bits per heavy atom.